The third kappa shape index (κ3) is 3.48. The molecule has 0 aliphatic carbocycles. The van der Waals surface area contributed by atoms with Crippen molar-refractivity contribution >= 4 is 23.2 Å². The number of hydrazine groups is 1. The Kier molecular flexibility index (Phi) is 4.23. The van der Waals surface area contributed by atoms with E-state index in [0.29, 0.717) is 12.5 Å². The average Bonchev–Trinajstić information content (AvgIpc) is 2.94. The minimum atomic E-state index is 0.518. The number of aromatic nitrogens is 3. The van der Waals surface area contributed by atoms with E-state index < -0.39 is 0 Å². The van der Waals surface area contributed by atoms with Crippen LogP contribution < -0.4 is 5.43 Å². The van der Waals surface area contributed by atoms with Gasteiger partial charge in [0.05, 0.1) is 0 Å². The number of aromatic amines is 1. The van der Waals surface area contributed by atoms with Gasteiger partial charge in [-0.3, -0.25) is 15.8 Å². The molecule has 3 aromatic rings. The molecule has 0 unspecified atom stereocenters. The lowest BCUT2D eigenvalue weighted by Gasteiger charge is -2.20. The van der Waals surface area contributed by atoms with Crippen molar-refractivity contribution in [2.45, 2.75) is 20.3 Å². The van der Waals surface area contributed by atoms with Crippen molar-refractivity contribution in [2.24, 2.45) is 0 Å². The van der Waals surface area contributed by atoms with E-state index in [9.17, 15) is 0 Å². The summed E-state index contributed by atoms with van der Waals surface area (Å²) in [5, 5.41) is 10.5. The number of H-pyrrole nitrogens is 1. The second kappa shape index (κ2) is 6.48. The van der Waals surface area contributed by atoms with E-state index >= 15 is 0 Å². The molecule has 0 atom stereocenters. The maximum Gasteiger partial charge on any atom is 0.242 e. The van der Waals surface area contributed by atoms with Crippen LogP contribution in [0.1, 0.15) is 17.0 Å². The van der Waals surface area contributed by atoms with Crippen molar-refractivity contribution in [3.63, 3.8) is 0 Å². The van der Waals surface area contributed by atoms with Crippen LogP contribution in [0.4, 0.5) is 5.95 Å². The first-order chi connectivity index (χ1) is 11.2. The number of anilines is 1. The number of fused-ring (bicyclic) bond motifs is 1. The molecule has 118 valence electrons. The summed E-state index contributed by atoms with van der Waals surface area (Å²) in [6, 6.07) is 10.2. The molecular weight excluding hydrogens is 288 g/mol. The Morgan fingerprint density at radius 3 is 2.70 bits per heavy atom. The fourth-order valence-corrected chi connectivity index (χ4v) is 2.64. The second-order valence-electron chi connectivity index (χ2n) is 5.52. The van der Waals surface area contributed by atoms with Gasteiger partial charge < -0.3 is 4.98 Å². The smallest absolute Gasteiger partial charge is 0.242 e. The zero-order valence-corrected chi connectivity index (χ0v) is 13.3. The van der Waals surface area contributed by atoms with Crippen LogP contribution in [0.3, 0.4) is 0 Å². The Bertz CT molecular complexity index is 803. The minimum Gasteiger partial charge on any atom is -0.361 e. The lowest BCUT2D eigenvalue weighted by atomic mass is 10.1. The standard InChI is InChI=1S/C17H20N6/c1-12-9-13(2)21-17(20-12)22-23(11-18)8-7-14-10-19-16-6-4-3-5-15(14)16/h3-6,9-11,18-19H,7-8H2,1-2H3,(H,20,21,22). The molecule has 6 heteroatoms. The van der Waals surface area contributed by atoms with Gasteiger partial charge in [0, 0.05) is 35.0 Å². The fraction of sp³-hybridized carbons (Fsp3) is 0.235. The maximum absolute atomic E-state index is 7.58. The second-order valence-corrected chi connectivity index (χ2v) is 5.52. The van der Waals surface area contributed by atoms with Crippen LogP contribution >= 0.6 is 0 Å². The highest BCUT2D eigenvalue weighted by Gasteiger charge is 2.07. The van der Waals surface area contributed by atoms with E-state index in [1.165, 1.54) is 17.3 Å². The highest BCUT2D eigenvalue weighted by molar-refractivity contribution is 5.83. The monoisotopic (exact) mass is 308 g/mol. The first-order valence-electron chi connectivity index (χ1n) is 7.57. The molecular formula is C17H20N6. The highest BCUT2D eigenvalue weighted by atomic mass is 15.5. The van der Waals surface area contributed by atoms with Crippen LogP contribution in [0.25, 0.3) is 10.9 Å². The van der Waals surface area contributed by atoms with E-state index in [2.05, 4.69) is 32.5 Å². The van der Waals surface area contributed by atoms with E-state index in [-0.39, 0.29) is 0 Å². The fourth-order valence-electron chi connectivity index (χ4n) is 2.64. The molecule has 0 aliphatic rings. The number of hydrogen-bond acceptors (Lipinski definition) is 4. The van der Waals surface area contributed by atoms with Gasteiger partial charge in [0.2, 0.25) is 5.95 Å². The third-order valence-corrected chi connectivity index (χ3v) is 3.68. The van der Waals surface area contributed by atoms with Crippen molar-refractivity contribution in [1.82, 2.24) is 20.0 Å². The molecule has 0 spiro atoms. The SMILES string of the molecule is Cc1cc(C)nc(NN(C=N)CCc2c[nH]c3ccccc23)n1. The Morgan fingerprint density at radius 2 is 1.96 bits per heavy atom. The summed E-state index contributed by atoms with van der Waals surface area (Å²) in [6.45, 7) is 4.52. The summed E-state index contributed by atoms with van der Waals surface area (Å²) in [7, 11) is 0. The van der Waals surface area contributed by atoms with Gasteiger partial charge in [-0.25, -0.2) is 9.97 Å². The topological polar surface area (TPSA) is 80.7 Å². The van der Waals surface area contributed by atoms with Crippen molar-refractivity contribution < 1.29 is 0 Å². The predicted octanol–water partition coefficient (Wildman–Crippen LogP) is 3.05. The van der Waals surface area contributed by atoms with Gasteiger partial charge in [-0.1, -0.05) is 18.2 Å². The molecule has 0 fully saturated rings. The molecule has 0 saturated heterocycles. The van der Waals surface area contributed by atoms with Crippen LogP contribution in [-0.4, -0.2) is 32.8 Å². The first kappa shape index (κ1) is 15.0. The van der Waals surface area contributed by atoms with Crippen molar-refractivity contribution in [3.8, 4) is 0 Å². The lowest BCUT2D eigenvalue weighted by Crippen LogP contribution is -2.31. The highest BCUT2D eigenvalue weighted by Crippen LogP contribution is 2.18. The Balaban J connectivity index is 1.69. The summed E-state index contributed by atoms with van der Waals surface area (Å²) in [5.41, 5.74) is 7.25. The summed E-state index contributed by atoms with van der Waals surface area (Å²) >= 11 is 0. The first-order valence-corrected chi connectivity index (χ1v) is 7.57. The minimum absolute atomic E-state index is 0.518. The quantitative estimate of drug-likeness (QED) is 0.371. The Hall–Kier alpha value is -2.89. The molecule has 2 heterocycles. The summed E-state index contributed by atoms with van der Waals surface area (Å²) in [6.07, 6.45) is 4.10. The molecule has 0 aliphatic heterocycles. The van der Waals surface area contributed by atoms with Crippen LogP contribution in [0.2, 0.25) is 0 Å². The molecule has 0 amide bonds. The normalized spacial score (nSPS) is 10.7. The van der Waals surface area contributed by atoms with Gasteiger partial charge in [-0.05, 0) is 38.0 Å². The number of rotatable bonds is 6. The Morgan fingerprint density at radius 1 is 1.22 bits per heavy atom. The number of nitrogens with one attached hydrogen (secondary N) is 3. The molecule has 0 saturated carbocycles. The van der Waals surface area contributed by atoms with E-state index in [1.807, 2.05) is 38.2 Å². The lowest BCUT2D eigenvalue weighted by molar-refractivity contribution is 0.505. The van der Waals surface area contributed by atoms with Crippen LogP contribution in [0.15, 0.2) is 36.5 Å². The van der Waals surface area contributed by atoms with Gasteiger partial charge in [0.15, 0.2) is 0 Å². The van der Waals surface area contributed by atoms with Gasteiger partial charge in [0.1, 0.15) is 6.34 Å². The van der Waals surface area contributed by atoms with Gasteiger partial charge in [-0.2, -0.15) is 0 Å². The molecule has 3 rings (SSSR count). The maximum atomic E-state index is 7.58. The number of aryl methyl sites for hydroxylation is 2. The third-order valence-electron chi connectivity index (χ3n) is 3.68. The average molecular weight is 308 g/mol. The summed E-state index contributed by atoms with van der Waals surface area (Å²) in [4.78, 5) is 12.0. The van der Waals surface area contributed by atoms with Crippen LogP contribution in [0.5, 0.6) is 0 Å². The Labute approximate surface area is 135 Å². The van der Waals surface area contributed by atoms with E-state index in [0.717, 1.165) is 23.3 Å². The molecule has 0 bridgehead atoms. The molecule has 1 aromatic carbocycles. The largest absolute Gasteiger partial charge is 0.361 e. The number of benzene rings is 1. The van der Waals surface area contributed by atoms with Crippen molar-refractivity contribution in [2.75, 3.05) is 12.0 Å². The summed E-state index contributed by atoms with van der Waals surface area (Å²) < 4.78 is 0. The number of nitrogens with zero attached hydrogens (tertiary/aromatic N) is 3. The molecule has 23 heavy (non-hydrogen) atoms. The zero-order chi connectivity index (χ0) is 16.2. The molecule has 6 nitrogen and oxygen atoms in total. The van der Waals surface area contributed by atoms with Gasteiger partial charge in [0.25, 0.3) is 0 Å². The molecule has 3 N–H and O–H groups in total. The van der Waals surface area contributed by atoms with Crippen LogP contribution in [-0.2, 0) is 6.42 Å². The van der Waals surface area contributed by atoms with E-state index in [4.69, 9.17) is 5.41 Å². The predicted molar refractivity (Wildman–Crippen MR) is 92.6 cm³/mol. The van der Waals surface area contributed by atoms with E-state index in [1.54, 1.807) is 5.01 Å². The molecule has 2 aromatic heterocycles. The number of para-hydroxylation sites is 1. The van der Waals surface area contributed by atoms with Crippen LogP contribution in [0, 0.1) is 19.3 Å². The van der Waals surface area contributed by atoms with Gasteiger partial charge >= 0.3 is 0 Å². The van der Waals surface area contributed by atoms with Crippen molar-refractivity contribution in [3.05, 3.63) is 53.5 Å². The summed E-state index contributed by atoms with van der Waals surface area (Å²) in [5.74, 6) is 0.518. The molecule has 0 radical (unpaired) electrons. The number of hydrogen-bond donors (Lipinski definition) is 3. The van der Waals surface area contributed by atoms with Crippen molar-refractivity contribution in [1.29, 1.82) is 5.41 Å². The zero-order valence-electron chi connectivity index (χ0n) is 13.3. The van der Waals surface area contributed by atoms with Gasteiger partial charge in [-0.15, -0.1) is 0 Å².